The molecular weight excluding hydrogens is 762 g/mol. The molecule has 1 amide bonds. The third kappa shape index (κ3) is 45.6. The minimum absolute atomic E-state index is 0.0169. The maximum absolute atomic E-state index is 12.1. The Labute approximate surface area is 358 Å². The predicted octanol–water partition coefficient (Wildman–Crippen LogP) is 12.8. The molecule has 0 spiro atoms. The van der Waals surface area contributed by atoms with Crippen molar-refractivity contribution in [1.29, 1.82) is 0 Å². The van der Waals surface area contributed by atoms with Gasteiger partial charge in [0.2, 0.25) is 5.91 Å². The molecule has 0 aliphatic heterocycles. The van der Waals surface area contributed by atoms with Gasteiger partial charge >= 0.3 is 13.8 Å². The number of nitrogens with one attached hydrogen (secondary N) is 1. The zero-order valence-corrected chi connectivity index (χ0v) is 37.5. The zero-order chi connectivity index (χ0) is 43.2. The lowest BCUT2D eigenvalue weighted by molar-refractivity contribution is -0.147. The van der Waals surface area contributed by atoms with E-state index in [0.717, 1.165) is 77.0 Å². The number of esters is 1. The number of phosphoric acid groups is 1. The lowest BCUT2D eigenvalue weighted by Crippen LogP contribution is -2.26. The van der Waals surface area contributed by atoms with E-state index in [1.807, 2.05) is 12.2 Å². The first-order valence-corrected chi connectivity index (χ1v) is 23.9. The molecule has 2 atom stereocenters. The van der Waals surface area contributed by atoms with Crippen LogP contribution in [0.4, 0.5) is 0 Å². The van der Waals surface area contributed by atoms with Gasteiger partial charge in [-0.05, 0) is 83.5 Å². The number of rotatable bonds is 40. The van der Waals surface area contributed by atoms with Crippen LogP contribution in [0, 0.1) is 0 Å². The van der Waals surface area contributed by atoms with Crippen LogP contribution in [0.25, 0.3) is 0 Å². The molecule has 0 aromatic heterocycles. The van der Waals surface area contributed by atoms with Gasteiger partial charge < -0.3 is 20.1 Å². The van der Waals surface area contributed by atoms with Gasteiger partial charge in [0.05, 0.1) is 13.2 Å². The molecule has 0 saturated heterocycles. The topological polar surface area (TPSA) is 131 Å². The fraction of sp³-hybridized carbons (Fsp3) is 0.592. The van der Waals surface area contributed by atoms with Crippen LogP contribution in [0.1, 0.15) is 155 Å². The molecule has 0 heterocycles. The molecule has 0 aromatic carbocycles. The molecule has 0 saturated carbocycles. The maximum atomic E-state index is 12.1. The summed E-state index contributed by atoms with van der Waals surface area (Å²) in [7, 11) is -4.45. The number of allylic oxidation sites excluding steroid dienone is 17. The van der Waals surface area contributed by atoms with E-state index in [2.05, 4.69) is 110 Å². The van der Waals surface area contributed by atoms with Gasteiger partial charge in [-0.1, -0.05) is 168 Å². The second kappa shape index (κ2) is 44.2. The van der Waals surface area contributed by atoms with E-state index in [1.165, 1.54) is 44.9 Å². The fourth-order valence-corrected chi connectivity index (χ4v) is 6.13. The number of hydrogen-bond acceptors (Lipinski definition) is 7. The summed E-state index contributed by atoms with van der Waals surface area (Å²) < 4.78 is 26.8. The Kier molecular flexibility index (Phi) is 41.7. The summed E-state index contributed by atoms with van der Waals surface area (Å²) in [5.41, 5.74) is 0. The first kappa shape index (κ1) is 55.7. The van der Waals surface area contributed by atoms with E-state index >= 15 is 0 Å². The van der Waals surface area contributed by atoms with Crippen molar-refractivity contribution >= 4 is 19.7 Å². The molecule has 334 valence electrons. The quantitative estimate of drug-likeness (QED) is 0.0240. The molecule has 59 heavy (non-hydrogen) atoms. The molecular formula is C49H80NO8P. The predicted molar refractivity (Wildman–Crippen MR) is 247 cm³/mol. The molecule has 0 bridgehead atoms. The molecule has 0 rings (SSSR count). The monoisotopic (exact) mass is 842 g/mol. The normalized spacial score (nSPS) is 14.3. The van der Waals surface area contributed by atoms with Gasteiger partial charge in [-0.2, -0.15) is 0 Å². The van der Waals surface area contributed by atoms with Crippen LogP contribution in [-0.4, -0.2) is 54.3 Å². The highest BCUT2D eigenvalue weighted by molar-refractivity contribution is 7.47. The zero-order valence-electron chi connectivity index (χ0n) is 36.6. The second-order valence-electron chi connectivity index (χ2n) is 14.3. The van der Waals surface area contributed by atoms with Crippen LogP contribution in [0.2, 0.25) is 0 Å². The highest BCUT2D eigenvalue weighted by Crippen LogP contribution is 2.42. The maximum Gasteiger partial charge on any atom is 0.472 e. The van der Waals surface area contributed by atoms with Gasteiger partial charge in [-0.3, -0.25) is 18.6 Å². The van der Waals surface area contributed by atoms with Crippen LogP contribution in [0.5, 0.6) is 0 Å². The third-order valence-corrected chi connectivity index (χ3v) is 9.70. The van der Waals surface area contributed by atoms with E-state index in [-0.39, 0.29) is 38.5 Å². The van der Waals surface area contributed by atoms with Gasteiger partial charge in [-0.15, -0.1) is 0 Å². The molecule has 3 N–H and O–H groups in total. The largest absolute Gasteiger partial charge is 0.472 e. The van der Waals surface area contributed by atoms with E-state index in [4.69, 9.17) is 13.8 Å². The van der Waals surface area contributed by atoms with Crippen molar-refractivity contribution in [3.05, 3.63) is 109 Å². The summed E-state index contributed by atoms with van der Waals surface area (Å²) in [6.45, 7) is 3.26. The number of ether oxygens (including phenoxy) is 1. The molecule has 2 unspecified atom stereocenters. The van der Waals surface area contributed by atoms with Gasteiger partial charge in [0.15, 0.2) is 0 Å². The van der Waals surface area contributed by atoms with Crippen LogP contribution in [-0.2, 0) is 27.9 Å². The summed E-state index contributed by atoms with van der Waals surface area (Å²) in [6, 6.07) is 0. The number of aliphatic hydroxyl groups excluding tert-OH is 1. The van der Waals surface area contributed by atoms with Crippen LogP contribution >= 0.6 is 7.82 Å². The van der Waals surface area contributed by atoms with E-state index in [1.54, 1.807) is 6.08 Å². The van der Waals surface area contributed by atoms with Gasteiger partial charge in [-0.25, -0.2) is 4.57 Å². The standard InChI is InChI=1S/C49H80NO8P/c1-3-5-7-9-11-13-15-17-19-21-22-23-24-26-27-29-31-33-35-37-39-41-48(52)50-43-44-57-59(54,55)58-46-47(51)45-56-49(53)42-40-38-36-34-32-30-28-25-20-18-16-14-12-10-8-6-4-2/h5,7,11-14,17-20,22-23,26-27,31,33,37,39,47,51H,3-4,6,8-10,15-16,21,24-25,28-30,32,34-36,38,40-46H2,1-2H3,(H,50,52)(H,54,55)/b7-5-,13-11-,14-12-,19-17-,20-18-,23-22-,27-26-,33-31-,39-37-. The smallest absolute Gasteiger partial charge is 0.463 e. The lowest BCUT2D eigenvalue weighted by atomic mass is 10.1. The number of carbonyl (C=O) groups excluding carboxylic acids is 2. The van der Waals surface area contributed by atoms with Crippen molar-refractivity contribution in [2.75, 3.05) is 26.4 Å². The summed E-state index contributed by atoms with van der Waals surface area (Å²) in [4.78, 5) is 33.9. The Bertz CT molecular complexity index is 1330. The SMILES string of the molecule is CC/C=C\C/C=C\C/C=C\C/C=C\C/C=C\C/C=C\C/C=C\CC(=O)NCCOP(=O)(O)OCC(O)COC(=O)CCCCCCCCC/C=C\C/C=C\CCCCC. The number of unbranched alkanes of at least 4 members (excludes halogenated alkanes) is 10. The molecule has 0 radical (unpaired) electrons. The van der Waals surface area contributed by atoms with Gasteiger partial charge in [0, 0.05) is 19.4 Å². The molecule has 0 aliphatic rings. The van der Waals surface area contributed by atoms with Crippen molar-refractivity contribution in [3.63, 3.8) is 0 Å². The average molecular weight is 842 g/mol. The summed E-state index contributed by atoms with van der Waals surface area (Å²) in [5, 5.41) is 12.6. The lowest BCUT2D eigenvalue weighted by Gasteiger charge is -2.15. The number of aliphatic hydroxyl groups is 1. The summed E-state index contributed by atoms with van der Waals surface area (Å²) >= 11 is 0. The van der Waals surface area contributed by atoms with Crippen molar-refractivity contribution in [1.82, 2.24) is 5.32 Å². The van der Waals surface area contributed by atoms with Crippen LogP contribution in [0.3, 0.4) is 0 Å². The Morgan fingerprint density at radius 1 is 0.559 bits per heavy atom. The molecule has 0 aliphatic carbocycles. The van der Waals surface area contributed by atoms with Crippen molar-refractivity contribution in [2.45, 2.75) is 161 Å². The van der Waals surface area contributed by atoms with Gasteiger partial charge in [0.25, 0.3) is 0 Å². The summed E-state index contributed by atoms with van der Waals surface area (Å²) in [5.74, 6) is -0.668. The van der Waals surface area contributed by atoms with E-state index in [9.17, 15) is 24.2 Å². The van der Waals surface area contributed by atoms with Crippen LogP contribution < -0.4 is 5.32 Å². The fourth-order valence-electron chi connectivity index (χ4n) is 5.37. The average Bonchev–Trinajstić information content (AvgIpc) is 3.22. The molecule has 9 nitrogen and oxygen atoms in total. The Balaban J connectivity index is 3.76. The highest BCUT2D eigenvalue weighted by Gasteiger charge is 2.23. The third-order valence-electron chi connectivity index (χ3n) is 8.72. The Morgan fingerprint density at radius 3 is 1.51 bits per heavy atom. The summed E-state index contributed by atoms with van der Waals surface area (Å²) in [6.07, 6.45) is 59.0. The molecule has 0 fully saturated rings. The number of carbonyl (C=O) groups is 2. The number of phosphoric ester groups is 1. The molecule has 0 aromatic rings. The van der Waals surface area contributed by atoms with Gasteiger partial charge in [0.1, 0.15) is 12.7 Å². The van der Waals surface area contributed by atoms with Crippen molar-refractivity contribution in [2.24, 2.45) is 0 Å². The molecule has 10 heteroatoms. The second-order valence-corrected chi connectivity index (χ2v) is 15.8. The Morgan fingerprint density at radius 2 is 1.00 bits per heavy atom. The van der Waals surface area contributed by atoms with Crippen molar-refractivity contribution in [3.8, 4) is 0 Å². The first-order chi connectivity index (χ1) is 28.8. The van der Waals surface area contributed by atoms with E-state index < -0.39 is 26.5 Å². The van der Waals surface area contributed by atoms with E-state index in [0.29, 0.717) is 6.42 Å². The number of amides is 1. The highest BCUT2D eigenvalue weighted by atomic mass is 31.2. The first-order valence-electron chi connectivity index (χ1n) is 22.4. The Hall–Kier alpha value is -3.33. The minimum Gasteiger partial charge on any atom is -0.463 e. The number of hydrogen-bond donors (Lipinski definition) is 3. The van der Waals surface area contributed by atoms with Crippen LogP contribution in [0.15, 0.2) is 109 Å². The minimum atomic E-state index is -4.45. The van der Waals surface area contributed by atoms with Crippen molar-refractivity contribution < 1.29 is 37.9 Å².